The smallest absolute Gasteiger partial charge is 0.164 e. The first kappa shape index (κ1) is 15.8. The monoisotopic (exact) mass is 334 g/mol. The number of nitrogens with zero attached hydrogens (tertiary/aromatic N) is 4. The average molecular weight is 334 g/mol. The van der Waals surface area contributed by atoms with Gasteiger partial charge in [0.1, 0.15) is 17.4 Å². The van der Waals surface area contributed by atoms with Crippen LogP contribution < -0.4 is 9.64 Å². The van der Waals surface area contributed by atoms with Gasteiger partial charge in [-0.15, -0.1) is 0 Å². The number of para-hydroxylation sites is 1. The molecule has 0 aliphatic carbocycles. The van der Waals surface area contributed by atoms with Gasteiger partial charge in [-0.25, -0.2) is 15.0 Å². The number of aryl methyl sites for hydroxylation is 1. The second-order valence-electron chi connectivity index (χ2n) is 6.55. The minimum atomic E-state index is 0.496. The Morgan fingerprint density at radius 3 is 2.88 bits per heavy atom. The topological polar surface area (TPSA) is 51.1 Å². The third kappa shape index (κ3) is 3.55. The van der Waals surface area contributed by atoms with E-state index in [1.54, 1.807) is 6.20 Å². The Labute approximate surface area is 147 Å². The summed E-state index contributed by atoms with van der Waals surface area (Å²) in [5.41, 5.74) is 0.771. The Bertz CT molecular complexity index is 853. The average Bonchev–Trinajstić information content (AvgIpc) is 2.67. The van der Waals surface area contributed by atoms with E-state index in [1.807, 2.05) is 43.3 Å². The van der Waals surface area contributed by atoms with Gasteiger partial charge in [0.15, 0.2) is 5.65 Å². The Morgan fingerprint density at radius 2 is 2.00 bits per heavy atom. The summed E-state index contributed by atoms with van der Waals surface area (Å²) in [6.45, 7) is 4.63. The predicted molar refractivity (Wildman–Crippen MR) is 98.9 cm³/mol. The second-order valence-corrected chi connectivity index (χ2v) is 6.55. The zero-order chi connectivity index (χ0) is 17.1. The lowest BCUT2D eigenvalue weighted by molar-refractivity contribution is 0.228. The summed E-state index contributed by atoms with van der Waals surface area (Å²) in [7, 11) is 0. The van der Waals surface area contributed by atoms with Crippen molar-refractivity contribution in [3.63, 3.8) is 0 Å². The molecule has 0 N–H and O–H groups in total. The highest BCUT2D eigenvalue weighted by Gasteiger charge is 2.23. The molecule has 0 bridgehead atoms. The molecule has 1 unspecified atom stereocenters. The quantitative estimate of drug-likeness (QED) is 0.729. The minimum Gasteiger partial charge on any atom is -0.493 e. The molecule has 1 saturated heterocycles. The van der Waals surface area contributed by atoms with E-state index in [9.17, 15) is 0 Å². The van der Waals surface area contributed by atoms with Gasteiger partial charge in [0, 0.05) is 25.2 Å². The molecule has 25 heavy (non-hydrogen) atoms. The molecule has 4 rings (SSSR count). The van der Waals surface area contributed by atoms with Crippen LogP contribution in [0.4, 0.5) is 5.82 Å². The zero-order valence-corrected chi connectivity index (χ0v) is 14.4. The van der Waals surface area contributed by atoms with Gasteiger partial charge in [0.2, 0.25) is 0 Å². The van der Waals surface area contributed by atoms with Crippen LogP contribution in [-0.2, 0) is 0 Å². The Morgan fingerprint density at radius 1 is 1.12 bits per heavy atom. The van der Waals surface area contributed by atoms with E-state index >= 15 is 0 Å². The van der Waals surface area contributed by atoms with E-state index in [2.05, 4.69) is 20.9 Å². The zero-order valence-electron chi connectivity index (χ0n) is 14.4. The number of hydrogen-bond donors (Lipinski definition) is 0. The summed E-state index contributed by atoms with van der Waals surface area (Å²) in [5.74, 6) is 3.20. The van der Waals surface area contributed by atoms with E-state index in [-0.39, 0.29) is 0 Å². The normalized spacial score (nSPS) is 17.6. The van der Waals surface area contributed by atoms with Gasteiger partial charge in [0.05, 0.1) is 12.0 Å². The van der Waals surface area contributed by atoms with Gasteiger partial charge in [-0.05, 0) is 44.0 Å². The summed E-state index contributed by atoms with van der Waals surface area (Å²) in [5, 5.41) is 1.03. The Balaban J connectivity index is 1.51. The van der Waals surface area contributed by atoms with Gasteiger partial charge >= 0.3 is 0 Å². The molecule has 2 aromatic heterocycles. The molecule has 3 heterocycles. The van der Waals surface area contributed by atoms with Crippen LogP contribution in [0.2, 0.25) is 0 Å². The maximum atomic E-state index is 5.97. The first-order valence-corrected chi connectivity index (χ1v) is 8.82. The number of piperidine rings is 1. The van der Waals surface area contributed by atoms with Crippen LogP contribution in [0.25, 0.3) is 11.0 Å². The molecule has 1 aromatic carbocycles. The molecule has 3 aromatic rings. The standard InChI is InChI=1S/C20H22N4O/c1-15-22-19-18(10-5-11-21-19)20(23-15)24-12-6-7-16(13-24)14-25-17-8-3-2-4-9-17/h2-5,8-11,16H,6-7,12-14H2,1H3. The first-order valence-electron chi connectivity index (χ1n) is 8.82. The molecule has 0 amide bonds. The van der Waals surface area contributed by atoms with Crippen LogP contribution >= 0.6 is 0 Å². The van der Waals surface area contributed by atoms with Crippen molar-refractivity contribution in [2.24, 2.45) is 5.92 Å². The second kappa shape index (κ2) is 7.05. The molecule has 0 saturated carbocycles. The van der Waals surface area contributed by atoms with E-state index in [0.29, 0.717) is 5.92 Å². The molecular weight excluding hydrogens is 312 g/mol. The molecule has 128 valence electrons. The molecule has 5 nitrogen and oxygen atoms in total. The Hall–Kier alpha value is -2.69. The maximum absolute atomic E-state index is 5.97. The highest BCUT2D eigenvalue weighted by atomic mass is 16.5. The lowest BCUT2D eigenvalue weighted by Gasteiger charge is -2.34. The van der Waals surface area contributed by atoms with Crippen molar-refractivity contribution in [3.8, 4) is 5.75 Å². The lowest BCUT2D eigenvalue weighted by Crippen LogP contribution is -2.38. The van der Waals surface area contributed by atoms with Crippen LogP contribution in [0.1, 0.15) is 18.7 Å². The van der Waals surface area contributed by atoms with Gasteiger partial charge in [0.25, 0.3) is 0 Å². The number of rotatable bonds is 4. The molecule has 0 radical (unpaired) electrons. The van der Waals surface area contributed by atoms with E-state index in [4.69, 9.17) is 9.72 Å². The van der Waals surface area contributed by atoms with Crippen molar-refractivity contribution >= 4 is 16.9 Å². The summed E-state index contributed by atoms with van der Waals surface area (Å²) < 4.78 is 5.97. The van der Waals surface area contributed by atoms with Crippen molar-refractivity contribution in [2.45, 2.75) is 19.8 Å². The van der Waals surface area contributed by atoms with Crippen LogP contribution in [0.3, 0.4) is 0 Å². The number of pyridine rings is 1. The number of aromatic nitrogens is 3. The Kier molecular flexibility index (Phi) is 4.46. The molecular formula is C20H22N4O. The van der Waals surface area contributed by atoms with Crippen LogP contribution in [0, 0.1) is 12.8 Å². The molecule has 1 fully saturated rings. The van der Waals surface area contributed by atoms with Crippen molar-refractivity contribution in [1.82, 2.24) is 15.0 Å². The van der Waals surface area contributed by atoms with Crippen molar-refractivity contribution in [2.75, 3.05) is 24.6 Å². The van der Waals surface area contributed by atoms with E-state index in [1.165, 1.54) is 6.42 Å². The largest absolute Gasteiger partial charge is 0.493 e. The molecule has 0 spiro atoms. The van der Waals surface area contributed by atoms with E-state index in [0.717, 1.165) is 54.5 Å². The van der Waals surface area contributed by atoms with Gasteiger partial charge in [-0.1, -0.05) is 18.2 Å². The highest BCUT2D eigenvalue weighted by molar-refractivity contribution is 5.86. The molecule has 5 heteroatoms. The van der Waals surface area contributed by atoms with Crippen molar-refractivity contribution in [1.29, 1.82) is 0 Å². The molecule has 1 atom stereocenters. The van der Waals surface area contributed by atoms with Crippen molar-refractivity contribution < 1.29 is 4.74 Å². The van der Waals surface area contributed by atoms with Crippen molar-refractivity contribution in [3.05, 3.63) is 54.5 Å². The van der Waals surface area contributed by atoms with Gasteiger partial charge in [-0.3, -0.25) is 0 Å². The fraction of sp³-hybridized carbons (Fsp3) is 0.350. The molecule has 1 aliphatic heterocycles. The number of hydrogen-bond acceptors (Lipinski definition) is 5. The number of benzene rings is 1. The lowest BCUT2D eigenvalue weighted by atomic mass is 9.98. The summed E-state index contributed by atoms with van der Waals surface area (Å²) >= 11 is 0. The summed E-state index contributed by atoms with van der Waals surface area (Å²) in [6.07, 6.45) is 4.11. The van der Waals surface area contributed by atoms with Gasteiger partial charge in [-0.2, -0.15) is 0 Å². The summed E-state index contributed by atoms with van der Waals surface area (Å²) in [6, 6.07) is 14.0. The third-order valence-corrected chi connectivity index (χ3v) is 4.61. The number of anilines is 1. The number of ether oxygens (including phenoxy) is 1. The van der Waals surface area contributed by atoms with Crippen LogP contribution in [0.15, 0.2) is 48.7 Å². The van der Waals surface area contributed by atoms with Gasteiger partial charge < -0.3 is 9.64 Å². The maximum Gasteiger partial charge on any atom is 0.164 e. The SMILES string of the molecule is Cc1nc(N2CCCC(COc3ccccc3)C2)c2cccnc2n1. The fourth-order valence-electron chi connectivity index (χ4n) is 3.42. The van der Waals surface area contributed by atoms with Crippen LogP contribution in [0.5, 0.6) is 5.75 Å². The van der Waals surface area contributed by atoms with Crippen LogP contribution in [-0.4, -0.2) is 34.6 Å². The predicted octanol–water partition coefficient (Wildman–Crippen LogP) is 3.63. The first-order chi connectivity index (χ1) is 12.3. The summed E-state index contributed by atoms with van der Waals surface area (Å²) in [4.78, 5) is 15.9. The highest BCUT2D eigenvalue weighted by Crippen LogP contribution is 2.27. The molecule has 1 aliphatic rings. The minimum absolute atomic E-state index is 0.496. The third-order valence-electron chi connectivity index (χ3n) is 4.61. The fourth-order valence-corrected chi connectivity index (χ4v) is 3.42. The number of fused-ring (bicyclic) bond motifs is 1. The van der Waals surface area contributed by atoms with E-state index < -0.39 is 0 Å².